The molecule has 1 aromatic carbocycles. The first-order chi connectivity index (χ1) is 8.79. The molecule has 0 unspecified atom stereocenters. The zero-order valence-electron chi connectivity index (χ0n) is 9.90. The fourth-order valence-electron chi connectivity index (χ4n) is 2.57. The normalized spacial score (nSPS) is 17.4. The van der Waals surface area contributed by atoms with E-state index >= 15 is 0 Å². The van der Waals surface area contributed by atoms with Crippen LogP contribution in [0.1, 0.15) is 24.7 Å². The average Bonchev–Trinajstić information content (AvgIpc) is 2.77. The Kier molecular flexibility index (Phi) is 3.87. The fraction of sp³-hybridized carbons (Fsp3) is 0.462. The largest absolute Gasteiger partial charge is 0.324 e. The monoisotopic (exact) mass is 344 g/mol. The third-order valence-electron chi connectivity index (χ3n) is 3.40. The molecule has 2 heterocycles. The molecule has 18 heavy (non-hydrogen) atoms. The summed E-state index contributed by atoms with van der Waals surface area (Å²) in [5.41, 5.74) is 2.25. The van der Waals surface area contributed by atoms with Crippen molar-refractivity contribution in [1.29, 1.82) is 0 Å². The van der Waals surface area contributed by atoms with Gasteiger partial charge in [0.25, 0.3) is 0 Å². The van der Waals surface area contributed by atoms with Gasteiger partial charge < -0.3 is 4.57 Å². The predicted molar refractivity (Wildman–Crippen MR) is 82.6 cm³/mol. The maximum Gasteiger partial charge on any atom is 0.125 e. The summed E-state index contributed by atoms with van der Waals surface area (Å²) in [6, 6.07) is 6.85. The number of nitrogens with zero attached hydrogens (tertiary/aromatic N) is 2. The summed E-state index contributed by atoms with van der Waals surface area (Å²) in [7, 11) is 0. The number of aromatic nitrogens is 2. The van der Waals surface area contributed by atoms with Gasteiger partial charge >= 0.3 is 0 Å². The molecule has 1 saturated heterocycles. The van der Waals surface area contributed by atoms with E-state index in [1.54, 1.807) is 0 Å². The molecular weight excluding hydrogens is 332 g/mol. The van der Waals surface area contributed by atoms with Crippen molar-refractivity contribution in [3.63, 3.8) is 0 Å². The second-order valence-corrected chi connectivity index (χ2v) is 6.92. The molecule has 0 aliphatic carbocycles. The number of alkyl halides is 1. The lowest BCUT2D eigenvalue weighted by Gasteiger charge is -2.25. The van der Waals surface area contributed by atoms with Gasteiger partial charge in [-0.25, -0.2) is 4.98 Å². The van der Waals surface area contributed by atoms with Crippen molar-refractivity contribution in [3.8, 4) is 0 Å². The minimum atomic E-state index is 0.482. The highest BCUT2D eigenvalue weighted by Crippen LogP contribution is 2.32. The molecule has 3 rings (SSSR count). The van der Waals surface area contributed by atoms with E-state index in [-0.39, 0.29) is 0 Å². The third kappa shape index (κ3) is 2.30. The van der Waals surface area contributed by atoms with E-state index in [0.29, 0.717) is 11.9 Å². The van der Waals surface area contributed by atoms with E-state index in [0.717, 1.165) is 15.8 Å². The van der Waals surface area contributed by atoms with Crippen LogP contribution in [-0.2, 0) is 5.88 Å². The molecule has 1 aliphatic rings. The van der Waals surface area contributed by atoms with Gasteiger partial charge in [-0.1, -0.05) is 15.9 Å². The fourth-order valence-corrected chi connectivity index (χ4v) is 4.19. The molecule has 2 nitrogen and oxygen atoms in total. The van der Waals surface area contributed by atoms with Crippen molar-refractivity contribution in [2.75, 3.05) is 11.5 Å². The predicted octanol–water partition coefficient (Wildman–Crippen LogP) is 4.61. The van der Waals surface area contributed by atoms with Gasteiger partial charge in [-0.05, 0) is 42.5 Å². The van der Waals surface area contributed by atoms with Gasteiger partial charge in [-0.2, -0.15) is 11.8 Å². The van der Waals surface area contributed by atoms with Gasteiger partial charge in [0.2, 0.25) is 0 Å². The highest BCUT2D eigenvalue weighted by atomic mass is 79.9. The summed E-state index contributed by atoms with van der Waals surface area (Å²) < 4.78 is 3.43. The molecule has 0 radical (unpaired) electrons. The molecule has 0 atom stereocenters. The van der Waals surface area contributed by atoms with E-state index in [2.05, 4.69) is 43.7 Å². The number of halogens is 2. The molecule has 5 heteroatoms. The number of fused-ring (bicyclic) bond motifs is 1. The molecule has 0 amide bonds. The topological polar surface area (TPSA) is 17.8 Å². The summed E-state index contributed by atoms with van der Waals surface area (Å²) in [5, 5.41) is 0. The molecule has 0 saturated carbocycles. The van der Waals surface area contributed by atoms with Gasteiger partial charge in [0, 0.05) is 10.5 Å². The van der Waals surface area contributed by atoms with E-state index in [1.165, 1.54) is 29.9 Å². The highest BCUT2D eigenvalue weighted by Gasteiger charge is 2.21. The van der Waals surface area contributed by atoms with Gasteiger partial charge in [-0.3, -0.25) is 0 Å². The quantitative estimate of drug-likeness (QED) is 0.740. The molecule has 0 spiro atoms. The second-order valence-electron chi connectivity index (χ2n) is 4.51. The van der Waals surface area contributed by atoms with Crippen LogP contribution >= 0.6 is 39.3 Å². The van der Waals surface area contributed by atoms with Crippen LogP contribution in [0.5, 0.6) is 0 Å². The first kappa shape index (κ1) is 12.8. The van der Waals surface area contributed by atoms with Crippen LogP contribution in [0.3, 0.4) is 0 Å². The molecule has 1 fully saturated rings. The summed E-state index contributed by atoms with van der Waals surface area (Å²) in [6.07, 6.45) is 2.44. The summed E-state index contributed by atoms with van der Waals surface area (Å²) in [4.78, 5) is 4.66. The lowest BCUT2D eigenvalue weighted by atomic mass is 10.1. The van der Waals surface area contributed by atoms with Crippen molar-refractivity contribution >= 4 is 50.3 Å². The van der Waals surface area contributed by atoms with E-state index in [9.17, 15) is 0 Å². The zero-order chi connectivity index (χ0) is 12.5. The molecule has 0 bridgehead atoms. The first-order valence-electron chi connectivity index (χ1n) is 6.09. The Morgan fingerprint density at radius 2 is 2.17 bits per heavy atom. The average molecular weight is 346 g/mol. The van der Waals surface area contributed by atoms with Gasteiger partial charge in [0.05, 0.1) is 16.9 Å². The Hall–Kier alpha value is -0.190. The Labute approximate surface area is 124 Å². The van der Waals surface area contributed by atoms with Crippen molar-refractivity contribution in [2.45, 2.75) is 24.8 Å². The van der Waals surface area contributed by atoms with Crippen LogP contribution in [0.15, 0.2) is 22.7 Å². The van der Waals surface area contributed by atoms with Crippen LogP contribution in [0.25, 0.3) is 11.0 Å². The number of benzene rings is 1. The second kappa shape index (κ2) is 5.43. The number of hydrogen-bond donors (Lipinski definition) is 0. The molecule has 1 aromatic heterocycles. The molecule has 2 aromatic rings. The highest BCUT2D eigenvalue weighted by molar-refractivity contribution is 9.10. The minimum Gasteiger partial charge on any atom is -0.324 e. The van der Waals surface area contributed by atoms with Crippen LogP contribution < -0.4 is 0 Å². The molecule has 1 aliphatic heterocycles. The lowest BCUT2D eigenvalue weighted by Crippen LogP contribution is -2.17. The zero-order valence-corrected chi connectivity index (χ0v) is 13.1. The maximum absolute atomic E-state index is 6.06. The Bertz CT molecular complexity index is 563. The SMILES string of the molecule is ClCc1nc2cc(Br)ccc2n1C1CCSCC1. The summed E-state index contributed by atoms with van der Waals surface area (Å²) >= 11 is 11.6. The number of rotatable bonds is 2. The Morgan fingerprint density at radius 1 is 1.39 bits per heavy atom. The van der Waals surface area contributed by atoms with Crippen LogP contribution in [0, 0.1) is 0 Å². The van der Waals surface area contributed by atoms with Gasteiger partial charge in [-0.15, -0.1) is 11.6 Å². The maximum atomic E-state index is 6.06. The molecule has 96 valence electrons. The van der Waals surface area contributed by atoms with Crippen molar-refractivity contribution in [3.05, 3.63) is 28.5 Å². The van der Waals surface area contributed by atoms with Crippen molar-refractivity contribution < 1.29 is 0 Å². The minimum absolute atomic E-state index is 0.482. The van der Waals surface area contributed by atoms with Gasteiger partial charge in [0.15, 0.2) is 0 Å². The summed E-state index contributed by atoms with van der Waals surface area (Å²) in [5.74, 6) is 3.96. The van der Waals surface area contributed by atoms with E-state index in [1.807, 2.05) is 11.8 Å². The summed E-state index contributed by atoms with van der Waals surface area (Å²) in [6.45, 7) is 0. The van der Waals surface area contributed by atoms with Crippen LogP contribution in [0.2, 0.25) is 0 Å². The van der Waals surface area contributed by atoms with Gasteiger partial charge in [0.1, 0.15) is 5.82 Å². The number of hydrogen-bond acceptors (Lipinski definition) is 2. The Morgan fingerprint density at radius 3 is 2.89 bits per heavy atom. The van der Waals surface area contributed by atoms with Crippen LogP contribution in [0.4, 0.5) is 0 Å². The molecular formula is C13H14BrClN2S. The smallest absolute Gasteiger partial charge is 0.125 e. The van der Waals surface area contributed by atoms with Crippen molar-refractivity contribution in [1.82, 2.24) is 9.55 Å². The number of thioether (sulfide) groups is 1. The standard InChI is InChI=1S/C13H14BrClN2S/c14-9-1-2-12-11(7-9)16-13(8-15)17(12)10-3-5-18-6-4-10/h1-2,7,10H,3-6,8H2. The first-order valence-corrected chi connectivity index (χ1v) is 8.58. The lowest BCUT2D eigenvalue weighted by molar-refractivity contribution is 0.470. The van der Waals surface area contributed by atoms with Crippen molar-refractivity contribution in [2.24, 2.45) is 0 Å². The van der Waals surface area contributed by atoms with E-state index in [4.69, 9.17) is 11.6 Å². The number of imidazole rings is 1. The third-order valence-corrected chi connectivity index (χ3v) is 5.18. The Balaban J connectivity index is 2.12. The molecule has 0 N–H and O–H groups in total. The van der Waals surface area contributed by atoms with E-state index < -0.39 is 0 Å². The van der Waals surface area contributed by atoms with Crippen LogP contribution in [-0.4, -0.2) is 21.1 Å².